The number of amides is 1. The molecule has 21 heavy (non-hydrogen) atoms. The molecule has 0 aliphatic rings. The van der Waals surface area contributed by atoms with Crippen LogP contribution in [0.2, 0.25) is 0 Å². The fourth-order valence-electron chi connectivity index (χ4n) is 1.76. The van der Waals surface area contributed by atoms with E-state index in [0.29, 0.717) is 10.8 Å². The Balaban J connectivity index is 1.78. The number of benzene rings is 1. The second-order valence-electron chi connectivity index (χ2n) is 4.37. The molecule has 106 valence electrons. The van der Waals surface area contributed by atoms with Crippen molar-refractivity contribution >= 4 is 22.4 Å². The molecule has 1 aromatic carbocycles. The summed E-state index contributed by atoms with van der Waals surface area (Å²) >= 11 is 1.36. The number of aromatic nitrogens is 3. The van der Waals surface area contributed by atoms with Crippen LogP contribution in [-0.4, -0.2) is 20.7 Å². The molecule has 3 aromatic rings. The van der Waals surface area contributed by atoms with Crippen LogP contribution in [0, 0.1) is 12.7 Å². The van der Waals surface area contributed by atoms with Crippen molar-refractivity contribution in [3.63, 3.8) is 0 Å². The second-order valence-corrected chi connectivity index (χ2v) is 5.23. The monoisotopic (exact) mass is 302 g/mol. The van der Waals surface area contributed by atoms with Gasteiger partial charge in [-0.15, -0.1) is 11.3 Å². The summed E-state index contributed by atoms with van der Waals surface area (Å²) in [5.41, 5.74) is 1.81. The number of carbonyl (C=O) groups is 1. The molecule has 0 atom stereocenters. The molecule has 2 heterocycles. The Kier molecular flexibility index (Phi) is 3.49. The van der Waals surface area contributed by atoms with Crippen LogP contribution in [0.5, 0.6) is 0 Å². The van der Waals surface area contributed by atoms with Gasteiger partial charge in [-0.25, -0.2) is 14.1 Å². The molecule has 1 amide bonds. The Labute approximate surface area is 124 Å². The Hall–Kier alpha value is -2.54. The highest BCUT2D eigenvalue weighted by molar-refractivity contribution is 7.13. The number of carbonyl (C=O) groups excluding carboxylic acids is 1. The summed E-state index contributed by atoms with van der Waals surface area (Å²) in [6, 6.07) is 7.46. The normalized spacial score (nSPS) is 10.6. The van der Waals surface area contributed by atoms with Crippen molar-refractivity contribution in [1.82, 2.24) is 14.8 Å². The predicted molar refractivity (Wildman–Crippen MR) is 78.3 cm³/mol. The molecule has 0 saturated carbocycles. The molecule has 0 spiro atoms. The third-order valence-electron chi connectivity index (χ3n) is 2.75. The van der Waals surface area contributed by atoms with Gasteiger partial charge in [0.05, 0.1) is 11.4 Å². The van der Waals surface area contributed by atoms with E-state index in [1.54, 1.807) is 24.4 Å². The molecule has 0 unspecified atom stereocenters. The van der Waals surface area contributed by atoms with E-state index in [0.717, 1.165) is 5.69 Å². The summed E-state index contributed by atoms with van der Waals surface area (Å²) in [5.74, 6) is -0.645. The lowest BCUT2D eigenvalue weighted by Gasteiger charge is -2.01. The lowest BCUT2D eigenvalue weighted by molar-refractivity contribution is 0.102. The van der Waals surface area contributed by atoms with Crippen LogP contribution in [0.3, 0.4) is 0 Å². The molecular weight excluding hydrogens is 291 g/mol. The molecule has 1 N–H and O–H groups in total. The summed E-state index contributed by atoms with van der Waals surface area (Å²) in [5, 5.41) is 9.25. The molecule has 0 radical (unpaired) electrons. The van der Waals surface area contributed by atoms with Crippen LogP contribution < -0.4 is 5.32 Å². The first kappa shape index (κ1) is 13.4. The van der Waals surface area contributed by atoms with Gasteiger partial charge in [0, 0.05) is 11.6 Å². The number of halogens is 1. The summed E-state index contributed by atoms with van der Waals surface area (Å²) < 4.78 is 14.4. The lowest BCUT2D eigenvalue weighted by Crippen LogP contribution is -2.13. The van der Waals surface area contributed by atoms with Gasteiger partial charge in [-0.2, -0.15) is 5.10 Å². The number of nitrogens with zero attached hydrogens (tertiary/aromatic N) is 3. The molecule has 5 nitrogen and oxygen atoms in total. The van der Waals surface area contributed by atoms with Crippen LogP contribution in [0.15, 0.2) is 41.9 Å². The molecule has 0 aliphatic heterocycles. The van der Waals surface area contributed by atoms with Crippen LogP contribution in [-0.2, 0) is 0 Å². The number of hydrogen-bond donors (Lipinski definition) is 1. The minimum absolute atomic E-state index is 0.271. The number of thiazole rings is 1. The van der Waals surface area contributed by atoms with Crippen molar-refractivity contribution in [3.8, 4) is 5.69 Å². The van der Waals surface area contributed by atoms with Gasteiger partial charge >= 0.3 is 0 Å². The first-order valence-electron chi connectivity index (χ1n) is 6.17. The lowest BCUT2D eigenvalue weighted by atomic mass is 10.3. The van der Waals surface area contributed by atoms with Gasteiger partial charge in [0.25, 0.3) is 5.91 Å². The van der Waals surface area contributed by atoms with Crippen molar-refractivity contribution in [2.75, 3.05) is 5.32 Å². The maximum atomic E-state index is 12.9. The maximum Gasteiger partial charge on any atom is 0.277 e. The van der Waals surface area contributed by atoms with E-state index in [-0.39, 0.29) is 17.4 Å². The summed E-state index contributed by atoms with van der Waals surface area (Å²) in [4.78, 5) is 16.2. The number of hydrogen-bond acceptors (Lipinski definition) is 4. The molecule has 7 heteroatoms. The van der Waals surface area contributed by atoms with Gasteiger partial charge in [0.1, 0.15) is 5.82 Å². The third kappa shape index (κ3) is 2.97. The van der Waals surface area contributed by atoms with Crippen molar-refractivity contribution in [3.05, 3.63) is 59.1 Å². The molecular formula is C14H11FN4OS. The van der Waals surface area contributed by atoms with E-state index < -0.39 is 0 Å². The summed E-state index contributed by atoms with van der Waals surface area (Å²) in [6.07, 6.45) is 1.65. The fraction of sp³-hybridized carbons (Fsp3) is 0.0714. The van der Waals surface area contributed by atoms with E-state index in [1.165, 1.54) is 28.2 Å². The van der Waals surface area contributed by atoms with E-state index in [4.69, 9.17) is 0 Å². The van der Waals surface area contributed by atoms with E-state index in [2.05, 4.69) is 15.4 Å². The standard InChI is InChI=1S/C14H11FN4OS/c1-9-8-21-14(16-9)17-13(20)12-6-7-19(18-12)11-4-2-10(15)3-5-11/h2-8H,1H3,(H,16,17,20). The topological polar surface area (TPSA) is 59.8 Å². The Morgan fingerprint density at radius 1 is 1.29 bits per heavy atom. The summed E-state index contributed by atoms with van der Waals surface area (Å²) in [6.45, 7) is 1.86. The van der Waals surface area contributed by atoms with E-state index >= 15 is 0 Å². The van der Waals surface area contributed by atoms with Gasteiger partial charge in [-0.1, -0.05) is 0 Å². The van der Waals surface area contributed by atoms with Gasteiger partial charge in [0.2, 0.25) is 0 Å². The van der Waals surface area contributed by atoms with Gasteiger partial charge in [-0.05, 0) is 37.3 Å². The maximum absolute atomic E-state index is 12.9. The molecule has 0 saturated heterocycles. The van der Waals surface area contributed by atoms with Gasteiger partial charge < -0.3 is 0 Å². The number of rotatable bonds is 3. The highest BCUT2D eigenvalue weighted by Crippen LogP contribution is 2.15. The van der Waals surface area contributed by atoms with Crippen LogP contribution >= 0.6 is 11.3 Å². The first-order chi connectivity index (χ1) is 10.1. The fourth-order valence-corrected chi connectivity index (χ4v) is 2.44. The third-order valence-corrected chi connectivity index (χ3v) is 3.63. The van der Waals surface area contributed by atoms with E-state index in [9.17, 15) is 9.18 Å². The zero-order valence-corrected chi connectivity index (χ0v) is 11.9. The molecule has 0 bridgehead atoms. The van der Waals surface area contributed by atoms with Gasteiger partial charge in [-0.3, -0.25) is 10.1 Å². The van der Waals surface area contributed by atoms with Crippen LogP contribution in [0.4, 0.5) is 9.52 Å². The van der Waals surface area contributed by atoms with Crippen molar-refractivity contribution in [1.29, 1.82) is 0 Å². The molecule has 0 fully saturated rings. The quantitative estimate of drug-likeness (QED) is 0.809. The number of nitrogens with one attached hydrogen (secondary N) is 1. The largest absolute Gasteiger partial charge is 0.296 e. The number of aryl methyl sites for hydroxylation is 1. The average molecular weight is 302 g/mol. The number of anilines is 1. The molecule has 3 rings (SSSR count). The molecule has 0 aliphatic carbocycles. The van der Waals surface area contributed by atoms with Crippen LogP contribution in [0.1, 0.15) is 16.2 Å². The minimum Gasteiger partial charge on any atom is -0.296 e. The first-order valence-corrected chi connectivity index (χ1v) is 7.05. The summed E-state index contributed by atoms with van der Waals surface area (Å²) in [7, 11) is 0. The zero-order valence-electron chi connectivity index (χ0n) is 11.1. The average Bonchev–Trinajstić information content (AvgIpc) is 3.09. The van der Waals surface area contributed by atoms with Gasteiger partial charge in [0.15, 0.2) is 10.8 Å². The van der Waals surface area contributed by atoms with Crippen molar-refractivity contribution < 1.29 is 9.18 Å². The smallest absolute Gasteiger partial charge is 0.277 e. The Morgan fingerprint density at radius 2 is 2.05 bits per heavy atom. The SMILES string of the molecule is Cc1csc(NC(=O)c2ccn(-c3ccc(F)cc3)n2)n1. The second kappa shape index (κ2) is 5.45. The van der Waals surface area contributed by atoms with Crippen molar-refractivity contribution in [2.45, 2.75) is 6.92 Å². The van der Waals surface area contributed by atoms with Crippen LogP contribution in [0.25, 0.3) is 5.69 Å². The zero-order chi connectivity index (χ0) is 14.8. The minimum atomic E-state index is -0.329. The highest BCUT2D eigenvalue weighted by Gasteiger charge is 2.12. The van der Waals surface area contributed by atoms with E-state index in [1.807, 2.05) is 12.3 Å². The molecule has 2 aromatic heterocycles. The highest BCUT2D eigenvalue weighted by atomic mass is 32.1. The Bertz CT molecular complexity index is 778. The Morgan fingerprint density at radius 3 is 2.71 bits per heavy atom. The predicted octanol–water partition coefficient (Wildman–Crippen LogP) is 3.03. The van der Waals surface area contributed by atoms with Crippen molar-refractivity contribution in [2.24, 2.45) is 0 Å².